The lowest BCUT2D eigenvalue weighted by Gasteiger charge is -2.27. The number of rotatable bonds is 7. The van der Waals surface area contributed by atoms with E-state index >= 15 is 0 Å². The van der Waals surface area contributed by atoms with Crippen molar-refractivity contribution in [2.75, 3.05) is 7.11 Å². The first-order valence-corrected chi connectivity index (χ1v) is 9.27. The standard InChI is InChI=1S/C24H24N2O3/c1-4-14-26-17(2)8-13-22(23(26)24(27)28)25-16-18-6-5-7-20(15-18)19-9-11-21(29-3)12-10-19/h4-15,25H,2,16H2,1,3H3,(H,27,28)/b14-4-. The first-order chi connectivity index (χ1) is 14.0. The van der Waals surface area contributed by atoms with Crippen LogP contribution < -0.4 is 10.1 Å². The van der Waals surface area contributed by atoms with Crippen molar-refractivity contribution < 1.29 is 14.6 Å². The van der Waals surface area contributed by atoms with Gasteiger partial charge < -0.3 is 20.1 Å². The molecule has 2 aromatic carbocycles. The Labute approximate surface area is 170 Å². The molecule has 29 heavy (non-hydrogen) atoms. The smallest absolute Gasteiger partial charge is 0.355 e. The molecule has 148 valence electrons. The second-order valence-corrected chi connectivity index (χ2v) is 6.53. The summed E-state index contributed by atoms with van der Waals surface area (Å²) in [6, 6.07) is 16.0. The highest BCUT2D eigenvalue weighted by molar-refractivity contribution is 5.88. The molecule has 0 spiro atoms. The molecule has 0 fully saturated rings. The van der Waals surface area contributed by atoms with Crippen LogP contribution in [0.1, 0.15) is 12.5 Å². The molecular formula is C24H24N2O3. The van der Waals surface area contributed by atoms with Crippen LogP contribution in [-0.4, -0.2) is 23.1 Å². The third-order valence-corrected chi connectivity index (χ3v) is 4.58. The minimum Gasteiger partial charge on any atom is -0.497 e. The van der Waals surface area contributed by atoms with Crippen LogP contribution in [0.4, 0.5) is 0 Å². The molecule has 5 heteroatoms. The molecule has 2 aromatic rings. The highest BCUT2D eigenvalue weighted by Gasteiger charge is 2.23. The van der Waals surface area contributed by atoms with Crippen LogP contribution in [0.15, 0.2) is 96.6 Å². The van der Waals surface area contributed by atoms with Crippen molar-refractivity contribution >= 4 is 5.97 Å². The highest BCUT2D eigenvalue weighted by atomic mass is 16.5. The van der Waals surface area contributed by atoms with Crippen LogP contribution in [-0.2, 0) is 11.3 Å². The quantitative estimate of drug-likeness (QED) is 0.722. The molecule has 0 unspecified atom stereocenters. The number of carboxylic acids is 1. The van der Waals surface area contributed by atoms with Crippen molar-refractivity contribution in [3.63, 3.8) is 0 Å². The molecule has 1 aliphatic heterocycles. The van der Waals surface area contributed by atoms with Gasteiger partial charge in [-0.2, -0.15) is 0 Å². The van der Waals surface area contributed by atoms with Crippen molar-refractivity contribution in [2.24, 2.45) is 0 Å². The zero-order chi connectivity index (χ0) is 20.8. The Balaban J connectivity index is 1.82. The number of methoxy groups -OCH3 is 1. The lowest BCUT2D eigenvalue weighted by atomic mass is 10.0. The number of aliphatic carboxylic acids is 1. The molecule has 0 aliphatic carbocycles. The fourth-order valence-electron chi connectivity index (χ4n) is 3.13. The molecule has 0 bridgehead atoms. The number of allylic oxidation sites excluding steroid dienone is 3. The first-order valence-electron chi connectivity index (χ1n) is 9.27. The van der Waals surface area contributed by atoms with E-state index < -0.39 is 5.97 Å². The summed E-state index contributed by atoms with van der Waals surface area (Å²) in [7, 11) is 1.65. The molecule has 0 saturated carbocycles. The molecule has 1 heterocycles. The summed E-state index contributed by atoms with van der Waals surface area (Å²) in [4.78, 5) is 13.4. The molecular weight excluding hydrogens is 364 g/mol. The van der Waals surface area contributed by atoms with Crippen molar-refractivity contribution in [3.8, 4) is 16.9 Å². The number of hydrogen-bond acceptors (Lipinski definition) is 4. The van der Waals surface area contributed by atoms with E-state index in [-0.39, 0.29) is 5.70 Å². The van der Waals surface area contributed by atoms with Gasteiger partial charge in [-0.15, -0.1) is 0 Å². The molecule has 0 atom stereocenters. The van der Waals surface area contributed by atoms with E-state index in [1.165, 1.54) is 0 Å². The normalized spacial score (nSPS) is 13.9. The van der Waals surface area contributed by atoms with Crippen LogP contribution in [0.3, 0.4) is 0 Å². The van der Waals surface area contributed by atoms with Gasteiger partial charge >= 0.3 is 5.97 Å². The van der Waals surface area contributed by atoms with Gasteiger partial charge in [0, 0.05) is 18.4 Å². The average Bonchev–Trinajstić information content (AvgIpc) is 2.74. The van der Waals surface area contributed by atoms with E-state index in [2.05, 4.69) is 18.0 Å². The molecule has 0 radical (unpaired) electrons. The van der Waals surface area contributed by atoms with Crippen molar-refractivity contribution in [3.05, 3.63) is 102 Å². The lowest BCUT2D eigenvalue weighted by molar-refractivity contribution is -0.134. The SMILES string of the molecule is C=C1C=CC(NCc2cccc(-c3ccc(OC)cc3)c2)=C(C(=O)O)N1/C=C\C. The summed E-state index contributed by atoms with van der Waals surface area (Å²) < 4.78 is 5.21. The molecule has 0 saturated heterocycles. The van der Waals surface area contributed by atoms with E-state index in [1.807, 2.05) is 49.4 Å². The van der Waals surface area contributed by atoms with Gasteiger partial charge in [-0.3, -0.25) is 0 Å². The van der Waals surface area contributed by atoms with Crippen molar-refractivity contribution in [1.82, 2.24) is 10.2 Å². The van der Waals surface area contributed by atoms with Gasteiger partial charge in [0.2, 0.25) is 0 Å². The van der Waals surface area contributed by atoms with Crippen LogP contribution in [0, 0.1) is 0 Å². The van der Waals surface area contributed by atoms with Gasteiger partial charge in [0.25, 0.3) is 0 Å². The fourth-order valence-corrected chi connectivity index (χ4v) is 3.13. The number of nitrogens with zero attached hydrogens (tertiary/aromatic N) is 1. The average molecular weight is 388 g/mol. The Hall–Kier alpha value is -3.73. The molecule has 0 amide bonds. The maximum Gasteiger partial charge on any atom is 0.355 e. The number of hydrogen-bond donors (Lipinski definition) is 2. The second kappa shape index (κ2) is 8.97. The summed E-state index contributed by atoms with van der Waals surface area (Å²) in [6.07, 6.45) is 7.02. The second-order valence-electron chi connectivity index (χ2n) is 6.53. The number of carboxylic acid groups (broad SMARTS) is 1. The fraction of sp³-hybridized carbons (Fsp3) is 0.125. The summed E-state index contributed by atoms with van der Waals surface area (Å²) in [6.45, 7) is 6.24. The van der Waals surface area contributed by atoms with Crippen molar-refractivity contribution in [2.45, 2.75) is 13.5 Å². The zero-order valence-corrected chi connectivity index (χ0v) is 16.6. The Morgan fingerprint density at radius 3 is 2.59 bits per heavy atom. The van der Waals surface area contributed by atoms with Gasteiger partial charge in [-0.05, 0) is 54.0 Å². The van der Waals surface area contributed by atoms with Crippen LogP contribution >= 0.6 is 0 Å². The van der Waals surface area contributed by atoms with E-state index in [4.69, 9.17) is 4.74 Å². The summed E-state index contributed by atoms with van der Waals surface area (Å²) in [5.41, 5.74) is 4.52. The Kier molecular flexibility index (Phi) is 6.19. The predicted octanol–water partition coefficient (Wildman–Crippen LogP) is 4.67. The highest BCUT2D eigenvalue weighted by Crippen LogP contribution is 2.25. The van der Waals surface area contributed by atoms with Gasteiger partial charge in [-0.25, -0.2) is 4.79 Å². The third-order valence-electron chi connectivity index (χ3n) is 4.58. The van der Waals surface area contributed by atoms with Crippen LogP contribution in [0.25, 0.3) is 11.1 Å². The Bertz CT molecular complexity index is 1000. The summed E-state index contributed by atoms with van der Waals surface area (Å²) in [5.74, 6) is -0.195. The van der Waals surface area contributed by atoms with E-state index in [9.17, 15) is 9.90 Å². The van der Waals surface area contributed by atoms with E-state index in [0.29, 0.717) is 17.9 Å². The van der Waals surface area contributed by atoms with Gasteiger partial charge in [0.15, 0.2) is 5.70 Å². The number of ether oxygens (including phenoxy) is 1. The number of nitrogens with one attached hydrogen (secondary N) is 1. The summed E-state index contributed by atoms with van der Waals surface area (Å²) in [5, 5.41) is 12.9. The molecule has 1 aliphatic rings. The first kappa shape index (κ1) is 20.0. The monoisotopic (exact) mass is 388 g/mol. The Morgan fingerprint density at radius 1 is 1.17 bits per heavy atom. The van der Waals surface area contributed by atoms with E-state index in [1.54, 1.807) is 36.4 Å². The number of benzene rings is 2. The van der Waals surface area contributed by atoms with Crippen LogP contribution in [0.2, 0.25) is 0 Å². The Morgan fingerprint density at radius 2 is 1.93 bits per heavy atom. The van der Waals surface area contributed by atoms with E-state index in [0.717, 1.165) is 22.4 Å². The summed E-state index contributed by atoms with van der Waals surface area (Å²) >= 11 is 0. The van der Waals surface area contributed by atoms with Gasteiger partial charge in [0.05, 0.1) is 12.8 Å². The maximum absolute atomic E-state index is 11.8. The molecule has 5 nitrogen and oxygen atoms in total. The zero-order valence-electron chi connectivity index (χ0n) is 16.6. The topological polar surface area (TPSA) is 61.8 Å². The third kappa shape index (κ3) is 4.58. The largest absolute Gasteiger partial charge is 0.497 e. The van der Waals surface area contributed by atoms with Crippen LogP contribution in [0.5, 0.6) is 5.75 Å². The minimum absolute atomic E-state index is 0.155. The lowest BCUT2D eigenvalue weighted by Crippen LogP contribution is -2.29. The molecule has 0 aromatic heterocycles. The predicted molar refractivity (Wildman–Crippen MR) is 115 cm³/mol. The van der Waals surface area contributed by atoms with Gasteiger partial charge in [-0.1, -0.05) is 43.0 Å². The van der Waals surface area contributed by atoms with Gasteiger partial charge in [0.1, 0.15) is 5.75 Å². The molecule has 3 rings (SSSR count). The minimum atomic E-state index is -1.01. The maximum atomic E-state index is 11.8. The van der Waals surface area contributed by atoms with Crippen molar-refractivity contribution in [1.29, 1.82) is 0 Å². The number of carbonyl (C=O) groups is 1. The molecule has 2 N–H and O–H groups in total.